The number of carbonyl (C=O) groups excluding carboxylic acids is 2. The summed E-state index contributed by atoms with van der Waals surface area (Å²) in [6, 6.07) is 14.4. The zero-order valence-electron chi connectivity index (χ0n) is 16.0. The zero-order valence-corrected chi connectivity index (χ0v) is 16.0. The molecule has 4 rings (SSSR count). The first kappa shape index (κ1) is 19.7. The highest BCUT2D eigenvalue weighted by Gasteiger charge is 2.36. The average molecular weight is 407 g/mol. The molecule has 152 valence electrons. The molecule has 2 aromatic carbocycles. The van der Waals surface area contributed by atoms with Crippen LogP contribution in [-0.2, 0) is 16.0 Å². The van der Waals surface area contributed by atoms with E-state index in [0.29, 0.717) is 5.69 Å². The van der Waals surface area contributed by atoms with Gasteiger partial charge in [0.2, 0.25) is 11.8 Å². The Kier molecular flexibility index (Phi) is 5.52. The lowest BCUT2D eigenvalue weighted by Crippen LogP contribution is -2.28. The molecule has 1 N–H and O–H groups in total. The van der Waals surface area contributed by atoms with Crippen LogP contribution in [0.1, 0.15) is 17.5 Å². The summed E-state index contributed by atoms with van der Waals surface area (Å²) in [5, 5.41) is 2.81. The number of nitrogens with one attached hydrogen (secondary N) is 1. The number of hydrogen-bond donors (Lipinski definition) is 1. The predicted octanol–water partition coefficient (Wildman–Crippen LogP) is 3.94. The van der Waals surface area contributed by atoms with E-state index in [2.05, 4.69) is 10.3 Å². The number of nitrogens with zero attached hydrogens (tertiary/aromatic N) is 2. The third kappa shape index (κ3) is 4.35. The second kappa shape index (κ2) is 8.41. The lowest BCUT2D eigenvalue weighted by Gasteiger charge is -2.17. The number of carbonyl (C=O) groups is 2. The lowest BCUT2D eigenvalue weighted by molar-refractivity contribution is -0.122. The van der Waals surface area contributed by atoms with E-state index in [1.807, 2.05) is 36.4 Å². The van der Waals surface area contributed by atoms with E-state index in [9.17, 15) is 18.4 Å². The van der Waals surface area contributed by atoms with E-state index in [0.717, 1.165) is 29.7 Å². The van der Waals surface area contributed by atoms with Gasteiger partial charge in [-0.3, -0.25) is 14.6 Å². The van der Waals surface area contributed by atoms with E-state index >= 15 is 0 Å². The van der Waals surface area contributed by atoms with Gasteiger partial charge in [0.1, 0.15) is 11.6 Å². The minimum absolute atomic E-state index is 0.0165. The molecule has 30 heavy (non-hydrogen) atoms. The molecule has 3 aromatic rings. The summed E-state index contributed by atoms with van der Waals surface area (Å²) in [4.78, 5) is 30.1. The molecular weight excluding hydrogens is 388 g/mol. The molecule has 1 aliphatic rings. The Morgan fingerprint density at radius 3 is 2.43 bits per heavy atom. The maximum Gasteiger partial charge on any atom is 0.229 e. The minimum Gasteiger partial charge on any atom is -0.326 e. The Balaban J connectivity index is 1.39. The summed E-state index contributed by atoms with van der Waals surface area (Å²) in [5.41, 5.74) is 2.84. The summed E-state index contributed by atoms with van der Waals surface area (Å²) in [7, 11) is 0. The summed E-state index contributed by atoms with van der Waals surface area (Å²) in [5.74, 6) is -2.83. The van der Waals surface area contributed by atoms with E-state index in [1.54, 1.807) is 12.4 Å². The highest BCUT2D eigenvalue weighted by atomic mass is 19.1. The number of benzene rings is 2. The van der Waals surface area contributed by atoms with Crippen LogP contribution in [0, 0.1) is 17.6 Å². The van der Waals surface area contributed by atoms with Gasteiger partial charge in [-0.2, -0.15) is 0 Å². The first-order valence-corrected chi connectivity index (χ1v) is 9.54. The van der Waals surface area contributed by atoms with Gasteiger partial charge >= 0.3 is 0 Å². The van der Waals surface area contributed by atoms with Gasteiger partial charge in [0, 0.05) is 37.1 Å². The fourth-order valence-electron chi connectivity index (χ4n) is 3.50. The van der Waals surface area contributed by atoms with Gasteiger partial charge in [-0.1, -0.05) is 12.1 Å². The summed E-state index contributed by atoms with van der Waals surface area (Å²) in [6.45, 7) is 0.0490. The van der Waals surface area contributed by atoms with Crippen molar-refractivity contribution in [3.63, 3.8) is 0 Å². The van der Waals surface area contributed by atoms with Crippen LogP contribution in [0.25, 0.3) is 0 Å². The van der Waals surface area contributed by atoms with Gasteiger partial charge in [0.05, 0.1) is 11.6 Å². The molecule has 0 bridgehead atoms. The van der Waals surface area contributed by atoms with Crippen LogP contribution in [-0.4, -0.2) is 23.3 Å². The number of pyridine rings is 1. The van der Waals surface area contributed by atoms with E-state index < -0.39 is 17.6 Å². The summed E-state index contributed by atoms with van der Waals surface area (Å²) >= 11 is 0. The summed E-state index contributed by atoms with van der Waals surface area (Å²) < 4.78 is 27.1. The van der Waals surface area contributed by atoms with E-state index in [1.165, 1.54) is 11.0 Å². The van der Waals surface area contributed by atoms with Crippen molar-refractivity contribution in [3.8, 4) is 0 Å². The Morgan fingerprint density at radius 2 is 1.73 bits per heavy atom. The predicted molar refractivity (Wildman–Crippen MR) is 109 cm³/mol. The zero-order chi connectivity index (χ0) is 21.1. The molecule has 0 spiro atoms. The van der Waals surface area contributed by atoms with Crippen molar-refractivity contribution in [1.29, 1.82) is 0 Å². The molecule has 0 aliphatic carbocycles. The van der Waals surface area contributed by atoms with Crippen LogP contribution in [0.2, 0.25) is 0 Å². The average Bonchev–Trinajstić information content (AvgIpc) is 3.12. The van der Waals surface area contributed by atoms with E-state index in [-0.39, 0.29) is 30.5 Å². The number of hydrogen-bond acceptors (Lipinski definition) is 3. The molecule has 1 fully saturated rings. The van der Waals surface area contributed by atoms with Crippen LogP contribution in [0.4, 0.5) is 20.2 Å². The third-order valence-electron chi connectivity index (χ3n) is 5.08. The van der Waals surface area contributed by atoms with Crippen LogP contribution >= 0.6 is 0 Å². The van der Waals surface area contributed by atoms with Crippen LogP contribution in [0.5, 0.6) is 0 Å². The standard InChI is InChI=1S/C23H19F2N3O2/c24-18-3-6-21(20(25)13-18)28-14-17(12-22(28)29)23(30)27-19-4-1-15(2-5-19)11-16-7-9-26-10-8-16/h1-10,13,17H,11-12,14H2,(H,27,30). The molecule has 0 saturated carbocycles. The first-order chi connectivity index (χ1) is 14.5. The van der Waals surface area contributed by atoms with Crippen LogP contribution < -0.4 is 10.2 Å². The quantitative estimate of drug-likeness (QED) is 0.697. The van der Waals surface area contributed by atoms with Crippen molar-refractivity contribution in [2.24, 2.45) is 5.92 Å². The topological polar surface area (TPSA) is 62.3 Å². The molecular formula is C23H19F2N3O2. The van der Waals surface area contributed by atoms with Crippen molar-refractivity contribution in [2.75, 3.05) is 16.8 Å². The third-order valence-corrected chi connectivity index (χ3v) is 5.08. The van der Waals surface area contributed by atoms with Crippen molar-refractivity contribution in [2.45, 2.75) is 12.8 Å². The van der Waals surface area contributed by atoms with Gasteiger partial charge in [-0.25, -0.2) is 8.78 Å². The van der Waals surface area contributed by atoms with Gasteiger partial charge in [-0.15, -0.1) is 0 Å². The van der Waals surface area contributed by atoms with Crippen molar-refractivity contribution < 1.29 is 18.4 Å². The molecule has 1 aliphatic heterocycles. The highest BCUT2D eigenvalue weighted by Crippen LogP contribution is 2.28. The smallest absolute Gasteiger partial charge is 0.229 e. The highest BCUT2D eigenvalue weighted by molar-refractivity contribution is 6.03. The number of aromatic nitrogens is 1. The normalized spacial score (nSPS) is 16.0. The number of amides is 2. The van der Waals surface area contributed by atoms with Crippen molar-refractivity contribution in [3.05, 3.63) is 89.8 Å². The maximum atomic E-state index is 14.0. The molecule has 7 heteroatoms. The molecule has 1 atom stereocenters. The van der Waals surface area contributed by atoms with Crippen molar-refractivity contribution in [1.82, 2.24) is 4.98 Å². The Bertz CT molecular complexity index is 1070. The van der Waals surface area contributed by atoms with Gasteiger partial charge < -0.3 is 10.2 Å². The number of anilines is 2. The fourth-order valence-corrected chi connectivity index (χ4v) is 3.50. The van der Waals surface area contributed by atoms with E-state index in [4.69, 9.17) is 0 Å². The number of halogens is 2. The van der Waals surface area contributed by atoms with Crippen molar-refractivity contribution >= 4 is 23.2 Å². The monoisotopic (exact) mass is 407 g/mol. The molecule has 2 heterocycles. The lowest BCUT2D eigenvalue weighted by atomic mass is 10.1. The SMILES string of the molecule is O=C(Nc1ccc(Cc2ccncc2)cc1)C1CC(=O)N(c2ccc(F)cc2F)C1. The van der Waals surface area contributed by atoms with Gasteiger partial charge in [0.15, 0.2) is 0 Å². The largest absolute Gasteiger partial charge is 0.326 e. The van der Waals surface area contributed by atoms with Crippen LogP contribution in [0.3, 0.4) is 0 Å². The minimum atomic E-state index is -0.825. The fraction of sp³-hybridized carbons (Fsp3) is 0.174. The second-order valence-electron chi connectivity index (χ2n) is 7.22. The molecule has 1 saturated heterocycles. The van der Waals surface area contributed by atoms with Crippen LogP contribution in [0.15, 0.2) is 67.0 Å². The Morgan fingerprint density at radius 1 is 1.03 bits per heavy atom. The molecule has 1 unspecified atom stereocenters. The Hall–Kier alpha value is -3.61. The first-order valence-electron chi connectivity index (χ1n) is 9.54. The Labute approximate surface area is 172 Å². The maximum absolute atomic E-state index is 14.0. The molecule has 2 amide bonds. The molecule has 1 aromatic heterocycles. The number of rotatable bonds is 5. The van der Waals surface area contributed by atoms with Gasteiger partial charge in [-0.05, 0) is 53.9 Å². The molecule has 5 nitrogen and oxygen atoms in total. The molecule has 0 radical (unpaired) electrons. The van der Waals surface area contributed by atoms with Gasteiger partial charge in [0.25, 0.3) is 0 Å². The summed E-state index contributed by atoms with van der Waals surface area (Å²) in [6.07, 6.45) is 4.22. The second-order valence-corrected chi connectivity index (χ2v) is 7.22.